The van der Waals surface area contributed by atoms with E-state index in [0.717, 1.165) is 0 Å². The van der Waals surface area contributed by atoms with Gasteiger partial charge in [0.2, 0.25) is 0 Å². The topological polar surface area (TPSA) is 29.6 Å². The van der Waals surface area contributed by atoms with Gasteiger partial charge >= 0.3 is 0 Å². The van der Waals surface area contributed by atoms with E-state index in [-0.39, 0.29) is 16.2 Å². The van der Waals surface area contributed by atoms with Gasteiger partial charge in [-0.05, 0) is 223 Å². The van der Waals surface area contributed by atoms with Crippen molar-refractivity contribution in [3.63, 3.8) is 0 Å². The monoisotopic (exact) mass is 1800 g/mol. The molecule has 0 unspecified atom stereocenters. The minimum absolute atomic E-state index is 0.0579. The van der Waals surface area contributed by atoms with Crippen LogP contribution in [0.3, 0.4) is 0 Å². The van der Waals surface area contributed by atoms with Gasteiger partial charge in [0.25, 0.3) is 0 Å². The van der Waals surface area contributed by atoms with Crippen molar-refractivity contribution in [3.05, 3.63) is 507 Å². The molecule has 0 N–H and O–H groups in total. The lowest BCUT2D eigenvalue weighted by Crippen LogP contribution is -2.16. The average Bonchev–Trinajstić information content (AvgIpc) is 1.53. The summed E-state index contributed by atoms with van der Waals surface area (Å²) in [6, 6.07) is 174. The van der Waals surface area contributed by atoms with Gasteiger partial charge in [0.1, 0.15) is 0 Å². The van der Waals surface area contributed by atoms with Crippen molar-refractivity contribution < 1.29 is 0 Å². The Balaban J connectivity index is 0.000000104. The van der Waals surface area contributed by atoms with Crippen molar-refractivity contribution in [2.75, 3.05) is 0 Å². The summed E-state index contributed by atoms with van der Waals surface area (Å²) in [6.45, 7) is 14.2. The molecule has 21 aromatic carbocycles. The van der Waals surface area contributed by atoms with E-state index in [9.17, 15) is 0 Å². The predicted octanol–water partition coefficient (Wildman–Crippen LogP) is 35.6. The highest BCUT2D eigenvalue weighted by Gasteiger charge is 2.42. The van der Waals surface area contributed by atoms with Crippen molar-refractivity contribution in [2.45, 2.75) is 57.8 Å². The average molecular weight is 1800 g/mol. The maximum absolute atomic E-state index is 2.54. The summed E-state index contributed by atoms with van der Waals surface area (Å²) >= 11 is 0. The van der Waals surface area contributed by atoms with Gasteiger partial charge in [-0.25, -0.2) is 0 Å². The number of aromatic nitrogens is 6. The number of rotatable bonds is 9. The summed E-state index contributed by atoms with van der Waals surface area (Å²) < 4.78 is 14.7. The third kappa shape index (κ3) is 12.1. The third-order valence-electron chi connectivity index (χ3n) is 31.5. The summed E-state index contributed by atoms with van der Waals surface area (Å²) in [5, 5.41) is 15.3. The summed E-state index contributed by atoms with van der Waals surface area (Å²) in [7, 11) is 0. The van der Waals surface area contributed by atoms with Crippen molar-refractivity contribution >= 4 is 131 Å². The van der Waals surface area contributed by atoms with Crippen LogP contribution in [0.25, 0.3) is 232 Å². The summed E-state index contributed by atoms with van der Waals surface area (Å²) in [5.41, 5.74) is 45.6. The van der Waals surface area contributed by atoms with Gasteiger partial charge in [0.15, 0.2) is 0 Å². The van der Waals surface area contributed by atoms with Crippen LogP contribution in [0.5, 0.6) is 0 Å². The van der Waals surface area contributed by atoms with Crippen molar-refractivity contribution in [3.8, 4) is 101 Å². The zero-order chi connectivity index (χ0) is 93.8. The van der Waals surface area contributed by atoms with Crippen LogP contribution in [0, 0.1) is 0 Å². The van der Waals surface area contributed by atoms with E-state index in [1.165, 1.54) is 265 Å². The summed E-state index contributed by atoms with van der Waals surface area (Å²) in [5.74, 6) is 0. The van der Waals surface area contributed by atoms with Gasteiger partial charge in [-0.3, -0.25) is 0 Å². The lowest BCUT2D eigenvalue weighted by molar-refractivity contribution is 0.660. The zero-order valence-electron chi connectivity index (χ0n) is 79.2. The Morgan fingerprint density at radius 1 is 0.142 bits per heavy atom. The van der Waals surface area contributed by atoms with Crippen LogP contribution in [0.15, 0.2) is 473 Å². The second kappa shape index (κ2) is 31.2. The number of hydrogen-bond acceptors (Lipinski definition) is 0. The van der Waals surface area contributed by atoms with E-state index in [2.05, 4.69) is 542 Å². The predicted molar refractivity (Wildman–Crippen MR) is 594 cm³/mol. The minimum Gasteiger partial charge on any atom is -0.309 e. The maximum Gasteiger partial charge on any atom is 0.0622 e. The molecule has 0 fully saturated rings. The molecule has 0 amide bonds. The van der Waals surface area contributed by atoms with E-state index in [1.807, 2.05) is 0 Å². The second-order valence-electron chi connectivity index (χ2n) is 40.1. The number of nitrogens with zero attached hydrogens (tertiary/aromatic N) is 6. The van der Waals surface area contributed by atoms with Crippen LogP contribution in [0.2, 0.25) is 0 Å². The van der Waals surface area contributed by atoms with E-state index in [0.29, 0.717) is 0 Å². The molecule has 6 heteroatoms. The van der Waals surface area contributed by atoms with E-state index in [4.69, 9.17) is 0 Å². The van der Waals surface area contributed by atoms with E-state index < -0.39 is 0 Å². The standard InChI is InChI=1S/3C45H32N2/c1-45(2)38-22-11-9-19-36(38)42-39(45)26-25-35-34-21-13-20-32(43(34)47(44(35)42)31-16-7-4-8-17-31)29-24-27-41-37(28-29)33-18-10-12-23-40(33)46(41)30-14-5-3-6-15-30;1-45(2)38-19-11-9-18-36(38)43-39(45)25-24-35-34-23-21-30(28-42(34)47(44(35)43)32-15-7-4-8-16-32)29-22-26-41-37(27-29)33-17-10-12-20-40(33)46(41)31-13-5-3-6-14-31;1-45(2)39-19-11-9-17-33(39)36-24-25-37-38-27-29(22-26-41(38)47(44(37)43(36)45)32-15-7-4-8-16-32)30-21-23-35-34-18-10-12-20-40(34)46(42(35)28-30)31-13-5-3-6-14-31/h3*3-28H,1-2H3. The van der Waals surface area contributed by atoms with Crippen molar-refractivity contribution in [1.29, 1.82) is 0 Å². The first kappa shape index (κ1) is 81.7. The fourth-order valence-electron chi connectivity index (χ4n) is 25.1. The van der Waals surface area contributed by atoms with Gasteiger partial charge in [0.05, 0.1) is 66.2 Å². The molecule has 0 atom stereocenters. The highest BCUT2D eigenvalue weighted by Crippen LogP contribution is 2.58. The first-order valence-electron chi connectivity index (χ1n) is 49.4. The first-order chi connectivity index (χ1) is 69.3. The molecule has 3 aliphatic rings. The summed E-state index contributed by atoms with van der Waals surface area (Å²) in [4.78, 5) is 0. The summed E-state index contributed by atoms with van der Waals surface area (Å²) in [6.07, 6.45) is 0. The number of benzene rings is 21. The highest BCUT2D eigenvalue weighted by molar-refractivity contribution is 6.22. The molecule has 0 bridgehead atoms. The smallest absolute Gasteiger partial charge is 0.0622 e. The third-order valence-corrected chi connectivity index (χ3v) is 31.5. The first-order valence-corrected chi connectivity index (χ1v) is 49.4. The normalized spacial score (nSPS) is 13.5. The molecule has 0 saturated carbocycles. The lowest BCUT2D eigenvalue weighted by atomic mass is 9.81. The fourth-order valence-corrected chi connectivity index (χ4v) is 25.1. The van der Waals surface area contributed by atoms with Crippen LogP contribution in [-0.4, -0.2) is 27.4 Å². The molecule has 141 heavy (non-hydrogen) atoms. The minimum atomic E-state index is -0.120. The Hall–Kier alpha value is -17.6. The van der Waals surface area contributed by atoms with Crippen LogP contribution in [-0.2, 0) is 16.2 Å². The number of para-hydroxylation sites is 10. The number of hydrogen-bond donors (Lipinski definition) is 0. The Labute approximate surface area is 817 Å². The molecule has 30 rings (SSSR count). The molecule has 6 nitrogen and oxygen atoms in total. The molecule has 6 aromatic heterocycles. The second-order valence-corrected chi connectivity index (χ2v) is 40.1. The van der Waals surface area contributed by atoms with E-state index in [1.54, 1.807) is 0 Å². The molecule has 6 heterocycles. The van der Waals surface area contributed by atoms with Gasteiger partial charge in [-0.1, -0.05) is 375 Å². The van der Waals surface area contributed by atoms with Gasteiger partial charge in [-0.2, -0.15) is 0 Å². The molecular formula is C135H96N6. The quantitative estimate of drug-likeness (QED) is 0.138. The van der Waals surface area contributed by atoms with Crippen LogP contribution in [0.1, 0.15) is 74.9 Å². The Morgan fingerprint density at radius 3 is 0.901 bits per heavy atom. The molecule has 0 spiro atoms. The SMILES string of the molecule is CC1(C)c2ccccc2-c2c1ccc1c3ccc(-c4ccc5c(c4)c4ccccc4n5-c4ccccc4)cc3n(-c3ccccc3)c21.CC1(C)c2ccccc2-c2c1ccc1c3cccc(-c4ccc5c(c4)c4ccccc4n5-c4ccccc4)c3n(-c3ccccc3)c21.CC1(C)c2ccccc2-c2ccc3c4cc(-c5ccc6c7ccccc7n(-c7ccccc7)c6c5)ccc4n(-c4ccccc4)c3c21. The van der Waals surface area contributed by atoms with Crippen molar-refractivity contribution in [1.82, 2.24) is 27.4 Å². The highest BCUT2D eigenvalue weighted by atomic mass is 15.0. The largest absolute Gasteiger partial charge is 0.309 e. The van der Waals surface area contributed by atoms with Gasteiger partial charge < -0.3 is 27.4 Å². The van der Waals surface area contributed by atoms with Crippen molar-refractivity contribution in [2.24, 2.45) is 0 Å². The lowest BCUT2D eigenvalue weighted by Gasteiger charge is -2.23. The fraction of sp³-hybridized carbons (Fsp3) is 0.0667. The maximum atomic E-state index is 2.54. The number of fused-ring (bicyclic) bond motifs is 30. The van der Waals surface area contributed by atoms with Gasteiger partial charge in [-0.15, -0.1) is 0 Å². The zero-order valence-corrected chi connectivity index (χ0v) is 79.2. The molecule has 666 valence electrons. The van der Waals surface area contributed by atoms with Crippen LogP contribution >= 0.6 is 0 Å². The van der Waals surface area contributed by atoms with Crippen LogP contribution in [0.4, 0.5) is 0 Å². The molecule has 27 aromatic rings. The molecular weight excluding hydrogens is 1710 g/mol. The van der Waals surface area contributed by atoms with Crippen LogP contribution < -0.4 is 0 Å². The molecule has 3 aliphatic carbocycles. The Kier molecular flexibility index (Phi) is 18.1. The Morgan fingerprint density at radius 2 is 0.418 bits per heavy atom. The Bertz CT molecular complexity index is 9860. The molecule has 0 saturated heterocycles. The molecule has 0 aliphatic heterocycles. The van der Waals surface area contributed by atoms with E-state index >= 15 is 0 Å². The van der Waals surface area contributed by atoms with Gasteiger partial charge in [0, 0.05) is 132 Å². The molecule has 0 radical (unpaired) electrons.